The zero-order valence-electron chi connectivity index (χ0n) is 13.8. The number of carboxylic acid groups (broad SMARTS) is 1. The van der Waals surface area contributed by atoms with Crippen molar-refractivity contribution in [3.63, 3.8) is 0 Å². The van der Waals surface area contributed by atoms with E-state index < -0.39 is 40.7 Å². The van der Waals surface area contributed by atoms with Crippen molar-refractivity contribution >= 4 is 23.3 Å². The molecule has 1 amide bonds. The largest absolute Gasteiger partial charge is 0.481 e. The summed E-state index contributed by atoms with van der Waals surface area (Å²) in [6.45, 7) is -0.547. The van der Waals surface area contributed by atoms with Crippen LogP contribution in [0.1, 0.15) is 5.56 Å². The Kier molecular flexibility index (Phi) is 5.71. The van der Waals surface area contributed by atoms with Crippen molar-refractivity contribution in [1.82, 2.24) is 4.98 Å². The van der Waals surface area contributed by atoms with Crippen LogP contribution in [0.25, 0.3) is 0 Å². The second kappa shape index (κ2) is 7.96. The first-order valence-corrected chi connectivity index (χ1v) is 7.18. The Morgan fingerprint density at radius 1 is 1.41 bits per heavy atom. The quantitative estimate of drug-likeness (QED) is 0.361. The van der Waals surface area contributed by atoms with Crippen LogP contribution >= 0.6 is 0 Å². The Bertz CT molecular complexity index is 971. The lowest BCUT2D eigenvalue weighted by Gasteiger charge is -2.15. The number of carbonyl (C=O) groups is 1. The van der Waals surface area contributed by atoms with Gasteiger partial charge in [-0.05, 0) is 6.07 Å². The summed E-state index contributed by atoms with van der Waals surface area (Å²) < 4.78 is 31.2. The number of benzene rings is 1. The molecule has 1 heterocycles. The molecule has 0 atom stereocenters. The molecule has 0 fully saturated rings. The van der Waals surface area contributed by atoms with Crippen LogP contribution in [0.3, 0.4) is 0 Å². The van der Waals surface area contributed by atoms with E-state index in [1.807, 2.05) is 0 Å². The van der Waals surface area contributed by atoms with Crippen LogP contribution in [0.2, 0.25) is 0 Å². The molecule has 0 aliphatic rings. The van der Waals surface area contributed by atoms with Gasteiger partial charge in [-0.3, -0.25) is 10.1 Å². The molecule has 0 radical (unpaired) electrons. The number of nitrogen functional groups attached to an aromatic ring is 1. The molecule has 0 aliphatic heterocycles. The standard InChI is InChI=1S/C16H12F2N4O5/c1-27-14-5-4-13(22(25)26)15(20-14)21(16(23)24)6-2-3-9-7-10(17)11(18)8-12(9)19/h4-5,7-8H,6,19H2,1H3,(H,23,24). The van der Waals surface area contributed by atoms with Crippen LogP contribution in [-0.2, 0) is 0 Å². The number of nitro groups is 1. The lowest BCUT2D eigenvalue weighted by molar-refractivity contribution is -0.384. The normalized spacial score (nSPS) is 9.89. The van der Waals surface area contributed by atoms with E-state index in [1.54, 1.807) is 0 Å². The third kappa shape index (κ3) is 4.37. The van der Waals surface area contributed by atoms with Crippen molar-refractivity contribution < 1.29 is 28.3 Å². The summed E-state index contributed by atoms with van der Waals surface area (Å²) in [5.74, 6) is 1.93. The zero-order chi connectivity index (χ0) is 20.1. The number of anilines is 2. The molecular weight excluding hydrogens is 366 g/mol. The average Bonchev–Trinajstić information content (AvgIpc) is 2.61. The van der Waals surface area contributed by atoms with Gasteiger partial charge in [-0.1, -0.05) is 11.8 Å². The van der Waals surface area contributed by atoms with E-state index in [0.29, 0.717) is 4.90 Å². The highest BCUT2D eigenvalue weighted by Crippen LogP contribution is 2.28. The highest BCUT2D eigenvalue weighted by molar-refractivity contribution is 5.88. The van der Waals surface area contributed by atoms with Crippen LogP contribution in [0, 0.1) is 33.6 Å². The van der Waals surface area contributed by atoms with Gasteiger partial charge in [0.1, 0.15) is 0 Å². The molecule has 2 aromatic rings. The molecule has 0 aliphatic carbocycles. The lowest BCUT2D eigenvalue weighted by atomic mass is 10.1. The molecule has 3 N–H and O–H groups in total. The van der Waals surface area contributed by atoms with Crippen LogP contribution < -0.4 is 15.4 Å². The summed E-state index contributed by atoms with van der Waals surface area (Å²) in [6.07, 6.45) is -1.56. The monoisotopic (exact) mass is 378 g/mol. The van der Waals surface area contributed by atoms with Crippen molar-refractivity contribution in [3.8, 4) is 17.7 Å². The minimum atomic E-state index is -1.56. The highest BCUT2D eigenvalue weighted by atomic mass is 19.2. The maximum absolute atomic E-state index is 13.3. The number of nitrogens with two attached hydrogens (primary N) is 1. The maximum Gasteiger partial charge on any atom is 0.414 e. The lowest BCUT2D eigenvalue weighted by Crippen LogP contribution is -2.31. The number of hydrogen-bond acceptors (Lipinski definition) is 6. The van der Waals surface area contributed by atoms with Gasteiger partial charge >= 0.3 is 11.8 Å². The third-order valence-electron chi connectivity index (χ3n) is 3.27. The van der Waals surface area contributed by atoms with Crippen molar-refractivity contribution in [2.24, 2.45) is 0 Å². The Balaban J connectivity index is 2.40. The molecule has 11 heteroatoms. The molecule has 0 spiro atoms. The molecule has 0 saturated carbocycles. The summed E-state index contributed by atoms with van der Waals surface area (Å²) in [7, 11) is 1.26. The number of rotatable bonds is 4. The summed E-state index contributed by atoms with van der Waals surface area (Å²) in [6, 6.07) is 3.74. The fraction of sp³-hybridized carbons (Fsp3) is 0.125. The molecule has 1 aromatic carbocycles. The van der Waals surface area contributed by atoms with Crippen LogP contribution in [0.15, 0.2) is 24.3 Å². The van der Waals surface area contributed by atoms with E-state index in [-0.39, 0.29) is 17.1 Å². The number of methoxy groups -OCH3 is 1. The molecule has 0 bridgehead atoms. The second-order valence-electron chi connectivity index (χ2n) is 4.98. The van der Waals surface area contributed by atoms with E-state index in [0.717, 1.165) is 18.2 Å². The maximum atomic E-state index is 13.3. The number of ether oxygens (including phenoxy) is 1. The van der Waals surface area contributed by atoms with Gasteiger partial charge < -0.3 is 15.6 Å². The number of pyridine rings is 1. The van der Waals surface area contributed by atoms with Gasteiger partial charge in [0.15, 0.2) is 11.6 Å². The van der Waals surface area contributed by atoms with E-state index >= 15 is 0 Å². The first kappa shape index (κ1) is 19.4. The molecule has 1 aromatic heterocycles. The smallest absolute Gasteiger partial charge is 0.414 e. The highest BCUT2D eigenvalue weighted by Gasteiger charge is 2.26. The molecule has 27 heavy (non-hydrogen) atoms. The minimum absolute atomic E-state index is 0.0420. The summed E-state index contributed by atoms with van der Waals surface area (Å²) >= 11 is 0. The molecule has 0 saturated heterocycles. The van der Waals surface area contributed by atoms with Gasteiger partial charge in [0.25, 0.3) is 0 Å². The van der Waals surface area contributed by atoms with Gasteiger partial charge in [-0.25, -0.2) is 18.5 Å². The molecule has 9 nitrogen and oxygen atoms in total. The van der Waals surface area contributed by atoms with Crippen molar-refractivity contribution in [2.45, 2.75) is 0 Å². The number of halogens is 2. The van der Waals surface area contributed by atoms with Crippen LogP contribution in [0.4, 0.5) is 30.8 Å². The van der Waals surface area contributed by atoms with E-state index in [9.17, 15) is 28.8 Å². The Morgan fingerprint density at radius 3 is 2.67 bits per heavy atom. The van der Waals surface area contributed by atoms with Gasteiger partial charge in [-0.2, -0.15) is 4.98 Å². The third-order valence-corrected chi connectivity index (χ3v) is 3.27. The summed E-state index contributed by atoms with van der Waals surface area (Å²) in [5.41, 5.74) is 4.74. The predicted octanol–water partition coefficient (Wildman–Crippen LogP) is 2.39. The van der Waals surface area contributed by atoms with Gasteiger partial charge in [0.05, 0.1) is 29.8 Å². The van der Waals surface area contributed by atoms with Gasteiger partial charge in [-0.15, -0.1) is 0 Å². The topological polar surface area (TPSA) is 132 Å². The minimum Gasteiger partial charge on any atom is -0.481 e. The summed E-state index contributed by atoms with van der Waals surface area (Å²) in [4.78, 5) is 26.1. The molecule has 140 valence electrons. The molecule has 2 rings (SSSR count). The average molecular weight is 378 g/mol. The van der Waals surface area contributed by atoms with E-state index in [2.05, 4.69) is 16.8 Å². The molecular formula is C16H12F2N4O5. The Labute approximate surface area is 151 Å². The number of nitrogens with zero attached hydrogens (tertiary/aromatic N) is 3. The SMILES string of the molecule is COc1ccc([N+](=O)[O-])c(N(CC#Cc2cc(F)c(F)cc2N)C(=O)O)n1. The second-order valence-corrected chi connectivity index (χ2v) is 4.98. The summed E-state index contributed by atoms with van der Waals surface area (Å²) in [5, 5.41) is 20.5. The van der Waals surface area contributed by atoms with Crippen molar-refractivity contribution in [1.29, 1.82) is 0 Å². The van der Waals surface area contributed by atoms with Gasteiger partial charge in [0, 0.05) is 18.2 Å². The predicted molar refractivity (Wildman–Crippen MR) is 90.5 cm³/mol. The first-order chi connectivity index (χ1) is 12.7. The Morgan fingerprint density at radius 2 is 2.07 bits per heavy atom. The van der Waals surface area contributed by atoms with E-state index in [4.69, 9.17) is 10.5 Å². The van der Waals surface area contributed by atoms with Gasteiger partial charge in [0.2, 0.25) is 11.7 Å². The van der Waals surface area contributed by atoms with Crippen LogP contribution in [0.5, 0.6) is 5.88 Å². The zero-order valence-corrected chi connectivity index (χ0v) is 13.8. The first-order valence-electron chi connectivity index (χ1n) is 7.18. The fourth-order valence-electron chi connectivity index (χ4n) is 2.00. The fourth-order valence-corrected chi connectivity index (χ4v) is 2.00. The van der Waals surface area contributed by atoms with Crippen LogP contribution in [-0.4, -0.2) is 34.8 Å². The number of hydrogen-bond donors (Lipinski definition) is 2. The molecule has 0 unspecified atom stereocenters. The van der Waals surface area contributed by atoms with E-state index in [1.165, 1.54) is 13.2 Å². The van der Waals surface area contributed by atoms with Crippen molar-refractivity contribution in [2.75, 3.05) is 24.3 Å². The number of amides is 1. The Hall–Kier alpha value is -3.94. The number of aromatic nitrogens is 1. The van der Waals surface area contributed by atoms with Crippen molar-refractivity contribution in [3.05, 3.63) is 51.6 Å².